The van der Waals surface area contributed by atoms with Crippen LogP contribution in [0.5, 0.6) is 0 Å². The van der Waals surface area contributed by atoms with Crippen molar-refractivity contribution in [1.82, 2.24) is 10.6 Å². The van der Waals surface area contributed by atoms with Crippen molar-refractivity contribution in [3.05, 3.63) is 113 Å². The Morgan fingerprint density at radius 3 is 1.61 bits per heavy atom. The van der Waals surface area contributed by atoms with Crippen LogP contribution in [0.15, 0.2) is 90.5 Å². The van der Waals surface area contributed by atoms with Crippen LogP contribution in [0.25, 0.3) is 6.08 Å². The Hall–Kier alpha value is -3.73. The molecule has 0 bridgehead atoms. The highest BCUT2D eigenvalue weighted by Crippen LogP contribution is 2.12. The van der Waals surface area contributed by atoms with Gasteiger partial charge in [-0.3, -0.25) is 9.59 Å². The van der Waals surface area contributed by atoms with Gasteiger partial charge in [-0.15, -0.1) is 0 Å². The number of halogens is 1. The smallest absolute Gasteiger partial charge is 0.256 e. The maximum atomic E-state index is 14.1. The number of rotatable bonds is 9. The van der Waals surface area contributed by atoms with E-state index in [2.05, 4.69) is 10.6 Å². The number of carbonyl (C=O) groups is 2. The highest BCUT2D eigenvalue weighted by Gasteiger charge is 2.18. The Bertz CT molecular complexity index is 974. The summed E-state index contributed by atoms with van der Waals surface area (Å²) in [6.07, 6.45) is 2.56. The molecule has 3 aromatic carbocycles. The Labute approximate surface area is 181 Å². The van der Waals surface area contributed by atoms with E-state index in [-0.39, 0.29) is 11.1 Å². The molecule has 0 aromatic heterocycles. The molecule has 0 heterocycles. The molecule has 0 spiro atoms. The highest BCUT2D eigenvalue weighted by molar-refractivity contribution is 6.21. The largest absolute Gasteiger partial charge is 0.352 e. The van der Waals surface area contributed by atoms with Gasteiger partial charge in [-0.05, 0) is 36.1 Å². The summed E-state index contributed by atoms with van der Waals surface area (Å²) in [5.74, 6) is -1.55. The molecule has 0 aliphatic heterocycles. The van der Waals surface area contributed by atoms with Crippen molar-refractivity contribution in [2.45, 2.75) is 12.8 Å². The second-order valence-electron chi connectivity index (χ2n) is 7.06. The molecule has 2 N–H and O–H groups in total. The van der Waals surface area contributed by atoms with Gasteiger partial charge in [0.2, 0.25) is 0 Å². The van der Waals surface area contributed by atoms with E-state index in [1.807, 2.05) is 60.7 Å². The van der Waals surface area contributed by atoms with Gasteiger partial charge in [0.25, 0.3) is 11.8 Å². The van der Waals surface area contributed by atoms with Gasteiger partial charge in [-0.1, -0.05) is 78.9 Å². The number of hydrogen-bond acceptors (Lipinski definition) is 2. The van der Waals surface area contributed by atoms with Gasteiger partial charge in [-0.25, -0.2) is 4.39 Å². The summed E-state index contributed by atoms with van der Waals surface area (Å²) in [5.41, 5.74) is 2.23. The molecular weight excluding hydrogens is 391 g/mol. The molecule has 2 amide bonds. The summed E-state index contributed by atoms with van der Waals surface area (Å²) < 4.78 is 14.1. The van der Waals surface area contributed by atoms with E-state index >= 15 is 0 Å². The molecule has 158 valence electrons. The molecule has 31 heavy (non-hydrogen) atoms. The van der Waals surface area contributed by atoms with Gasteiger partial charge in [0.05, 0.1) is 0 Å². The maximum absolute atomic E-state index is 14.1. The first-order chi connectivity index (χ1) is 15.1. The van der Waals surface area contributed by atoms with E-state index in [1.165, 1.54) is 18.2 Å². The zero-order valence-electron chi connectivity index (χ0n) is 17.2. The molecular formula is C26H25FN2O2. The van der Waals surface area contributed by atoms with Gasteiger partial charge >= 0.3 is 0 Å². The minimum atomic E-state index is -0.531. The van der Waals surface area contributed by atoms with E-state index < -0.39 is 17.6 Å². The van der Waals surface area contributed by atoms with Crippen LogP contribution in [0.2, 0.25) is 0 Å². The van der Waals surface area contributed by atoms with Crippen molar-refractivity contribution in [1.29, 1.82) is 0 Å². The molecule has 0 aliphatic carbocycles. The van der Waals surface area contributed by atoms with Crippen LogP contribution in [-0.4, -0.2) is 24.9 Å². The second-order valence-corrected chi connectivity index (χ2v) is 7.06. The molecule has 3 aromatic rings. The Balaban J connectivity index is 1.67. The van der Waals surface area contributed by atoms with E-state index in [1.54, 1.807) is 12.1 Å². The molecule has 0 radical (unpaired) electrons. The summed E-state index contributed by atoms with van der Waals surface area (Å²) in [5, 5.41) is 5.54. The summed E-state index contributed by atoms with van der Waals surface area (Å²) in [6.45, 7) is 0.740. The number of carbonyl (C=O) groups excluding carboxylic acids is 2. The topological polar surface area (TPSA) is 58.2 Å². The predicted molar refractivity (Wildman–Crippen MR) is 121 cm³/mol. The third-order valence-corrected chi connectivity index (χ3v) is 4.78. The molecule has 0 atom stereocenters. The second kappa shape index (κ2) is 11.5. The predicted octanol–water partition coefficient (Wildman–Crippen LogP) is 3.93. The third-order valence-electron chi connectivity index (χ3n) is 4.78. The number of nitrogens with one attached hydrogen (secondary N) is 2. The normalized spacial score (nSPS) is 10.2. The fraction of sp³-hybridized carbons (Fsp3) is 0.154. The molecule has 0 fully saturated rings. The summed E-state index contributed by atoms with van der Waals surface area (Å²) in [4.78, 5) is 25.5. The lowest BCUT2D eigenvalue weighted by molar-refractivity contribution is -0.123. The zero-order chi connectivity index (χ0) is 21.9. The lowest BCUT2D eigenvalue weighted by Gasteiger charge is -2.11. The first-order valence-corrected chi connectivity index (χ1v) is 10.2. The third kappa shape index (κ3) is 6.93. The number of benzene rings is 3. The van der Waals surface area contributed by atoms with Crippen molar-refractivity contribution in [2.75, 3.05) is 13.1 Å². The van der Waals surface area contributed by atoms with Crippen LogP contribution in [0.4, 0.5) is 4.39 Å². The maximum Gasteiger partial charge on any atom is 0.256 e. The van der Waals surface area contributed by atoms with Crippen LogP contribution in [0.3, 0.4) is 0 Å². The SMILES string of the molecule is O=C(NCCc1ccccc1)C(=Cc1ccccc1F)C(=O)NCCc1ccccc1. The van der Waals surface area contributed by atoms with E-state index in [4.69, 9.17) is 0 Å². The number of amides is 2. The van der Waals surface area contributed by atoms with Crippen molar-refractivity contribution in [3.8, 4) is 0 Å². The quantitative estimate of drug-likeness (QED) is 0.316. The average Bonchev–Trinajstić information content (AvgIpc) is 2.80. The van der Waals surface area contributed by atoms with E-state index in [0.717, 1.165) is 11.1 Å². The van der Waals surface area contributed by atoms with Crippen molar-refractivity contribution in [2.24, 2.45) is 0 Å². The van der Waals surface area contributed by atoms with Gasteiger partial charge in [0, 0.05) is 18.7 Å². The summed E-state index contributed by atoms with van der Waals surface area (Å²) in [7, 11) is 0. The lowest BCUT2D eigenvalue weighted by atomic mass is 10.1. The Kier molecular flexibility index (Phi) is 8.12. The van der Waals surface area contributed by atoms with Crippen LogP contribution in [-0.2, 0) is 22.4 Å². The first kappa shape index (κ1) is 22.0. The molecule has 0 unspecified atom stereocenters. The minimum Gasteiger partial charge on any atom is -0.352 e. The van der Waals surface area contributed by atoms with Gasteiger partial charge in [0.15, 0.2) is 0 Å². The molecule has 3 rings (SSSR count). The monoisotopic (exact) mass is 416 g/mol. The van der Waals surface area contributed by atoms with E-state index in [9.17, 15) is 14.0 Å². The summed E-state index contributed by atoms with van der Waals surface area (Å²) in [6, 6.07) is 25.5. The molecule has 5 heteroatoms. The van der Waals surface area contributed by atoms with Gasteiger partial charge in [-0.2, -0.15) is 0 Å². The molecule has 0 saturated heterocycles. The fourth-order valence-electron chi connectivity index (χ4n) is 3.10. The Morgan fingerprint density at radius 1 is 0.677 bits per heavy atom. The van der Waals surface area contributed by atoms with Crippen LogP contribution >= 0.6 is 0 Å². The molecule has 0 saturated carbocycles. The highest BCUT2D eigenvalue weighted by atomic mass is 19.1. The fourth-order valence-corrected chi connectivity index (χ4v) is 3.10. The van der Waals surface area contributed by atoms with Crippen LogP contribution < -0.4 is 10.6 Å². The average molecular weight is 416 g/mol. The lowest BCUT2D eigenvalue weighted by Crippen LogP contribution is -2.36. The van der Waals surface area contributed by atoms with Crippen molar-refractivity contribution in [3.63, 3.8) is 0 Å². The molecule has 4 nitrogen and oxygen atoms in total. The molecule has 0 aliphatic rings. The first-order valence-electron chi connectivity index (χ1n) is 10.2. The van der Waals surface area contributed by atoms with Crippen molar-refractivity contribution < 1.29 is 14.0 Å². The standard InChI is InChI=1S/C26H25FN2O2/c27-24-14-8-7-13-22(24)19-23(25(30)28-17-15-20-9-3-1-4-10-20)26(31)29-18-16-21-11-5-2-6-12-21/h1-14,19H,15-18H2,(H,28,30)(H,29,31). The van der Waals surface area contributed by atoms with Crippen LogP contribution in [0.1, 0.15) is 16.7 Å². The minimum absolute atomic E-state index is 0.119. The number of hydrogen-bond donors (Lipinski definition) is 2. The van der Waals surface area contributed by atoms with Gasteiger partial charge in [0.1, 0.15) is 11.4 Å². The van der Waals surface area contributed by atoms with E-state index in [0.29, 0.717) is 25.9 Å². The van der Waals surface area contributed by atoms with Crippen LogP contribution in [0, 0.1) is 5.82 Å². The van der Waals surface area contributed by atoms with Gasteiger partial charge < -0.3 is 10.6 Å². The Morgan fingerprint density at radius 2 is 1.13 bits per heavy atom. The summed E-state index contributed by atoms with van der Waals surface area (Å²) >= 11 is 0. The van der Waals surface area contributed by atoms with Crippen molar-refractivity contribution >= 4 is 17.9 Å². The zero-order valence-corrected chi connectivity index (χ0v) is 17.2.